The van der Waals surface area contributed by atoms with Crippen LogP contribution in [0.15, 0.2) is 24.3 Å². The second kappa shape index (κ2) is 6.20. The Morgan fingerprint density at radius 3 is 2.90 bits per heavy atom. The summed E-state index contributed by atoms with van der Waals surface area (Å²) in [4.78, 5) is 0. The average molecular weight is 304 g/mol. The largest absolute Gasteiger partial charge is 0.304 e. The second-order valence-corrected chi connectivity index (χ2v) is 5.93. The average Bonchev–Trinajstić information content (AvgIpc) is 3.06. The van der Waals surface area contributed by atoms with Gasteiger partial charge in [-0.05, 0) is 37.3 Å². The van der Waals surface area contributed by atoms with Crippen molar-refractivity contribution in [3.8, 4) is 0 Å². The Morgan fingerprint density at radius 2 is 2.14 bits per heavy atom. The molecule has 4 heteroatoms. The van der Waals surface area contributed by atoms with Crippen molar-refractivity contribution in [2.24, 2.45) is 0 Å². The van der Waals surface area contributed by atoms with Gasteiger partial charge in [0.05, 0.1) is 16.4 Å². The summed E-state index contributed by atoms with van der Waals surface area (Å²) in [6.07, 6.45) is 3.21. The quantitative estimate of drug-likeness (QED) is 0.908. The van der Waals surface area contributed by atoms with Gasteiger partial charge in [0, 0.05) is 19.1 Å². The highest BCUT2D eigenvalue weighted by molar-refractivity contribution is 6.31. The fraction of sp³-hybridized carbons (Fsp3) is 0.471. The summed E-state index contributed by atoms with van der Waals surface area (Å²) in [5.41, 5.74) is 5.02. The lowest BCUT2D eigenvalue weighted by Crippen LogP contribution is -2.21. The van der Waals surface area contributed by atoms with Gasteiger partial charge in [-0.25, -0.2) is 0 Å². The molecule has 0 spiro atoms. The van der Waals surface area contributed by atoms with Gasteiger partial charge in [0.25, 0.3) is 0 Å². The van der Waals surface area contributed by atoms with Crippen molar-refractivity contribution in [3.05, 3.63) is 51.8 Å². The molecule has 1 heterocycles. The van der Waals surface area contributed by atoms with E-state index in [1.54, 1.807) is 0 Å². The number of hydrogen-bond donors (Lipinski definition) is 1. The zero-order valence-corrected chi connectivity index (χ0v) is 13.5. The topological polar surface area (TPSA) is 29.9 Å². The zero-order chi connectivity index (χ0) is 14.8. The van der Waals surface area contributed by atoms with Crippen molar-refractivity contribution in [3.63, 3.8) is 0 Å². The van der Waals surface area contributed by atoms with E-state index in [4.69, 9.17) is 11.6 Å². The van der Waals surface area contributed by atoms with Gasteiger partial charge < -0.3 is 5.32 Å². The van der Waals surface area contributed by atoms with Gasteiger partial charge in [-0.2, -0.15) is 5.10 Å². The van der Waals surface area contributed by atoms with Crippen molar-refractivity contribution in [2.45, 2.75) is 52.2 Å². The molecule has 2 aromatic rings. The van der Waals surface area contributed by atoms with Crippen LogP contribution >= 0.6 is 11.6 Å². The third-order valence-corrected chi connectivity index (χ3v) is 4.78. The number of hydrogen-bond acceptors (Lipinski definition) is 2. The highest BCUT2D eigenvalue weighted by Gasteiger charge is 2.22. The summed E-state index contributed by atoms with van der Waals surface area (Å²) in [5.74, 6) is 0. The van der Waals surface area contributed by atoms with Crippen LogP contribution < -0.4 is 5.32 Å². The first-order valence-corrected chi connectivity index (χ1v) is 8.17. The van der Waals surface area contributed by atoms with E-state index in [9.17, 15) is 0 Å². The lowest BCUT2D eigenvalue weighted by Gasteiger charge is -2.15. The fourth-order valence-electron chi connectivity index (χ4n) is 3.18. The molecule has 0 saturated heterocycles. The van der Waals surface area contributed by atoms with Crippen molar-refractivity contribution < 1.29 is 0 Å². The minimum absolute atomic E-state index is 0.433. The first kappa shape index (κ1) is 14.6. The third-order valence-electron chi connectivity index (χ3n) is 4.34. The molecule has 0 amide bonds. The van der Waals surface area contributed by atoms with Crippen LogP contribution in [0.1, 0.15) is 48.8 Å². The molecule has 1 atom stereocenters. The summed E-state index contributed by atoms with van der Waals surface area (Å²) in [5, 5.41) is 9.07. The molecule has 0 bridgehead atoms. The van der Waals surface area contributed by atoms with E-state index in [2.05, 4.69) is 48.5 Å². The Hall–Kier alpha value is -1.32. The third kappa shape index (κ3) is 2.72. The van der Waals surface area contributed by atoms with Gasteiger partial charge in [-0.1, -0.05) is 42.8 Å². The van der Waals surface area contributed by atoms with E-state index in [-0.39, 0.29) is 0 Å². The number of nitrogens with one attached hydrogen (secondary N) is 1. The number of aromatic nitrogens is 2. The first-order chi connectivity index (χ1) is 10.2. The molecule has 1 aromatic carbocycles. The second-order valence-electron chi connectivity index (χ2n) is 5.55. The van der Waals surface area contributed by atoms with Crippen LogP contribution in [0, 0.1) is 0 Å². The Balaban J connectivity index is 1.76. The van der Waals surface area contributed by atoms with Crippen LogP contribution in [-0.2, 0) is 25.9 Å². The number of halogens is 1. The summed E-state index contributed by atoms with van der Waals surface area (Å²) < 4.78 is 2.02. The number of aryl methyl sites for hydroxylation is 3. The Bertz CT molecular complexity index is 633. The minimum Gasteiger partial charge on any atom is -0.304 e. The fourth-order valence-corrected chi connectivity index (χ4v) is 3.51. The van der Waals surface area contributed by atoms with Gasteiger partial charge >= 0.3 is 0 Å². The number of fused-ring (bicyclic) bond motifs is 1. The van der Waals surface area contributed by atoms with Crippen LogP contribution in [0.3, 0.4) is 0 Å². The lowest BCUT2D eigenvalue weighted by molar-refractivity contribution is 0.502. The molecule has 0 saturated carbocycles. The molecular formula is C17H22ClN3. The monoisotopic (exact) mass is 303 g/mol. The molecule has 112 valence electrons. The van der Waals surface area contributed by atoms with Gasteiger partial charge in [0.1, 0.15) is 0 Å². The maximum Gasteiger partial charge on any atom is 0.0863 e. The van der Waals surface area contributed by atoms with Crippen molar-refractivity contribution >= 4 is 11.6 Å². The zero-order valence-electron chi connectivity index (χ0n) is 12.7. The molecule has 1 aliphatic rings. The van der Waals surface area contributed by atoms with Crippen molar-refractivity contribution in [1.82, 2.24) is 15.1 Å². The van der Waals surface area contributed by atoms with E-state index < -0.39 is 0 Å². The molecule has 3 nitrogen and oxygen atoms in total. The highest BCUT2D eigenvalue weighted by atomic mass is 35.5. The standard InChI is InChI=1S/C17H22ClN3/c1-3-14-17(18)16(21(4-2)20-14)11-19-15-10-9-12-7-5-6-8-13(12)15/h5-8,15,19H,3-4,9-11H2,1-2H3. The van der Waals surface area contributed by atoms with E-state index in [1.165, 1.54) is 11.1 Å². The van der Waals surface area contributed by atoms with Crippen molar-refractivity contribution in [2.75, 3.05) is 0 Å². The number of benzene rings is 1. The molecule has 0 fully saturated rings. The van der Waals surface area contributed by atoms with E-state index in [0.717, 1.165) is 48.8 Å². The molecule has 0 radical (unpaired) electrons. The Kier molecular flexibility index (Phi) is 4.32. The van der Waals surface area contributed by atoms with Gasteiger partial charge in [-0.15, -0.1) is 0 Å². The highest BCUT2D eigenvalue weighted by Crippen LogP contribution is 2.31. The molecule has 21 heavy (non-hydrogen) atoms. The van der Waals surface area contributed by atoms with Crippen LogP contribution in [0.5, 0.6) is 0 Å². The van der Waals surface area contributed by atoms with Crippen LogP contribution in [0.4, 0.5) is 0 Å². The Morgan fingerprint density at radius 1 is 1.33 bits per heavy atom. The van der Waals surface area contributed by atoms with Crippen LogP contribution in [0.2, 0.25) is 5.02 Å². The van der Waals surface area contributed by atoms with Gasteiger partial charge in [0.2, 0.25) is 0 Å². The van der Waals surface area contributed by atoms with Crippen molar-refractivity contribution in [1.29, 1.82) is 0 Å². The normalized spacial score (nSPS) is 17.2. The van der Waals surface area contributed by atoms with Crippen LogP contribution in [0.25, 0.3) is 0 Å². The maximum absolute atomic E-state index is 6.47. The van der Waals surface area contributed by atoms with Gasteiger partial charge in [-0.3, -0.25) is 4.68 Å². The van der Waals surface area contributed by atoms with E-state index in [1.807, 2.05) is 4.68 Å². The summed E-state index contributed by atoms with van der Waals surface area (Å²) >= 11 is 6.47. The molecule has 1 N–H and O–H groups in total. The predicted molar refractivity (Wildman–Crippen MR) is 86.6 cm³/mol. The molecule has 1 aromatic heterocycles. The molecule has 1 aliphatic carbocycles. The molecule has 3 rings (SSSR count). The predicted octanol–water partition coefficient (Wildman–Crippen LogP) is 3.90. The lowest BCUT2D eigenvalue weighted by atomic mass is 10.1. The summed E-state index contributed by atoms with van der Waals surface area (Å²) in [7, 11) is 0. The molecule has 0 aliphatic heterocycles. The van der Waals surface area contributed by atoms with Crippen LogP contribution in [-0.4, -0.2) is 9.78 Å². The van der Waals surface area contributed by atoms with Gasteiger partial charge in [0.15, 0.2) is 0 Å². The smallest absolute Gasteiger partial charge is 0.0863 e. The number of rotatable bonds is 5. The molecular weight excluding hydrogens is 282 g/mol. The summed E-state index contributed by atoms with van der Waals surface area (Å²) in [6, 6.07) is 9.14. The first-order valence-electron chi connectivity index (χ1n) is 7.79. The summed E-state index contributed by atoms with van der Waals surface area (Å²) in [6.45, 7) is 5.84. The molecule has 1 unspecified atom stereocenters. The van der Waals surface area contributed by atoms with E-state index >= 15 is 0 Å². The maximum atomic E-state index is 6.47. The number of nitrogens with zero attached hydrogens (tertiary/aromatic N) is 2. The SMILES string of the molecule is CCc1nn(CC)c(CNC2CCc3ccccc32)c1Cl. The van der Waals surface area contributed by atoms with E-state index in [0.29, 0.717) is 6.04 Å². The Labute approximate surface area is 131 Å². The minimum atomic E-state index is 0.433.